The molecule has 7 nitrogen and oxygen atoms in total. The Hall–Kier alpha value is -2.70. The molecular weight excluding hydrogens is 376 g/mol. The lowest BCUT2D eigenvalue weighted by Crippen LogP contribution is -2.09. The van der Waals surface area contributed by atoms with Crippen LogP contribution in [0.15, 0.2) is 27.4 Å². The van der Waals surface area contributed by atoms with Gasteiger partial charge in [-0.25, -0.2) is 4.79 Å². The minimum Gasteiger partial charge on any atom is -0.503 e. The third-order valence-electron chi connectivity index (χ3n) is 4.61. The zero-order chi connectivity index (χ0) is 21.1. The fourth-order valence-electron chi connectivity index (χ4n) is 3.05. The van der Waals surface area contributed by atoms with E-state index in [9.17, 15) is 14.7 Å². The smallest absolute Gasteiger partial charge is 0.383 e. The number of carbonyl (C=O) groups is 1. The SMILES string of the molecule is CCCCCCCCOc1c(O)c2c(OCCCCC(=O)O)cccc2oc1=O. The molecule has 1 aromatic heterocycles. The first-order chi connectivity index (χ1) is 14.0. The van der Waals surface area contributed by atoms with Crippen LogP contribution in [0.4, 0.5) is 0 Å². The van der Waals surface area contributed by atoms with Crippen LogP contribution in [0.5, 0.6) is 17.2 Å². The summed E-state index contributed by atoms with van der Waals surface area (Å²) in [6.07, 6.45) is 7.64. The summed E-state index contributed by atoms with van der Waals surface area (Å²) in [5.74, 6) is -0.971. The number of unbranched alkanes of at least 4 members (excludes halogenated alkanes) is 6. The number of benzene rings is 1. The van der Waals surface area contributed by atoms with Gasteiger partial charge < -0.3 is 24.1 Å². The molecule has 0 unspecified atom stereocenters. The predicted molar refractivity (Wildman–Crippen MR) is 110 cm³/mol. The molecule has 0 aliphatic heterocycles. The van der Waals surface area contributed by atoms with E-state index in [0.29, 0.717) is 31.8 Å². The van der Waals surface area contributed by atoms with Crippen molar-refractivity contribution in [3.8, 4) is 17.2 Å². The second-order valence-corrected chi connectivity index (χ2v) is 7.01. The van der Waals surface area contributed by atoms with Gasteiger partial charge in [-0.2, -0.15) is 0 Å². The number of fused-ring (bicyclic) bond motifs is 1. The molecule has 2 rings (SSSR count). The number of aromatic hydroxyl groups is 1. The van der Waals surface area contributed by atoms with Gasteiger partial charge in [-0.15, -0.1) is 0 Å². The van der Waals surface area contributed by atoms with E-state index in [0.717, 1.165) is 19.3 Å². The average Bonchev–Trinajstić information content (AvgIpc) is 2.68. The Morgan fingerprint density at radius 1 is 1.00 bits per heavy atom. The van der Waals surface area contributed by atoms with Gasteiger partial charge >= 0.3 is 11.6 Å². The highest BCUT2D eigenvalue weighted by Gasteiger charge is 2.19. The van der Waals surface area contributed by atoms with Crippen molar-refractivity contribution in [1.82, 2.24) is 0 Å². The normalized spacial score (nSPS) is 10.9. The van der Waals surface area contributed by atoms with E-state index in [2.05, 4.69) is 6.92 Å². The molecule has 0 spiro atoms. The first-order valence-electron chi connectivity index (χ1n) is 10.3. The van der Waals surface area contributed by atoms with Gasteiger partial charge in [-0.3, -0.25) is 4.79 Å². The largest absolute Gasteiger partial charge is 0.503 e. The minimum absolute atomic E-state index is 0.0788. The zero-order valence-corrected chi connectivity index (χ0v) is 16.9. The lowest BCUT2D eigenvalue weighted by molar-refractivity contribution is -0.137. The summed E-state index contributed by atoms with van der Waals surface area (Å²) in [5, 5.41) is 19.6. The van der Waals surface area contributed by atoms with Gasteiger partial charge in [0.15, 0.2) is 5.75 Å². The van der Waals surface area contributed by atoms with Crippen LogP contribution in [0.3, 0.4) is 0 Å². The van der Waals surface area contributed by atoms with Crippen LogP contribution in [0.1, 0.15) is 64.7 Å². The Morgan fingerprint density at radius 2 is 1.69 bits per heavy atom. The monoisotopic (exact) mass is 406 g/mol. The molecule has 0 saturated carbocycles. The maximum absolute atomic E-state index is 12.2. The lowest BCUT2D eigenvalue weighted by Gasteiger charge is -2.12. The average molecular weight is 406 g/mol. The summed E-state index contributed by atoms with van der Waals surface area (Å²) in [4.78, 5) is 22.8. The van der Waals surface area contributed by atoms with Crippen LogP contribution in [0.2, 0.25) is 0 Å². The molecule has 29 heavy (non-hydrogen) atoms. The van der Waals surface area contributed by atoms with E-state index in [1.807, 2.05) is 0 Å². The topological polar surface area (TPSA) is 106 Å². The lowest BCUT2D eigenvalue weighted by atomic mass is 10.1. The van der Waals surface area contributed by atoms with E-state index < -0.39 is 11.6 Å². The van der Waals surface area contributed by atoms with Crippen LogP contribution in [-0.4, -0.2) is 29.4 Å². The standard InChI is InChI=1S/C22H30O7/c1-2-3-4-5-6-8-15-28-21-20(25)19-16(27-14-9-7-13-18(23)24)11-10-12-17(19)29-22(21)26/h10-12,25H,2-9,13-15H2,1H3,(H,23,24). The molecule has 0 fully saturated rings. The summed E-state index contributed by atoms with van der Waals surface area (Å²) in [5.41, 5.74) is -0.512. The molecular formula is C22H30O7. The number of hydrogen-bond acceptors (Lipinski definition) is 6. The van der Waals surface area contributed by atoms with Crippen molar-refractivity contribution in [3.63, 3.8) is 0 Å². The molecule has 0 aliphatic rings. The number of ether oxygens (including phenoxy) is 2. The third kappa shape index (κ3) is 7.00. The van der Waals surface area contributed by atoms with E-state index in [-0.39, 0.29) is 28.9 Å². The fraction of sp³-hybridized carbons (Fsp3) is 0.545. The van der Waals surface area contributed by atoms with Crippen LogP contribution in [-0.2, 0) is 4.79 Å². The summed E-state index contributed by atoms with van der Waals surface area (Å²) in [7, 11) is 0. The van der Waals surface area contributed by atoms with E-state index in [1.165, 1.54) is 19.3 Å². The molecule has 0 saturated heterocycles. The van der Waals surface area contributed by atoms with Crippen molar-refractivity contribution in [2.75, 3.05) is 13.2 Å². The quantitative estimate of drug-likeness (QED) is 0.340. The Balaban J connectivity index is 2.02. The van der Waals surface area contributed by atoms with Crippen LogP contribution < -0.4 is 15.1 Å². The van der Waals surface area contributed by atoms with Gasteiger partial charge in [0.1, 0.15) is 16.7 Å². The molecule has 2 N–H and O–H groups in total. The van der Waals surface area contributed by atoms with Crippen LogP contribution in [0, 0.1) is 0 Å². The molecule has 0 amide bonds. The van der Waals surface area contributed by atoms with Gasteiger partial charge in [-0.05, 0) is 31.4 Å². The van der Waals surface area contributed by atoms with Crippen molar-refractivity contribution < 1.29 is 28.9 Å². The Labute approximate surface area is 170 Å². The first-order valence-corrected chi connectivity index (χ1v) is 10.3. The molecule has 160 valence electrons. The second kappa shape index (κ2) is 12.0. The highest BCUT2D eigenvalue weighted by atomic mass is 16.5. The van der Waals surface area contributed by atoms with E-state index in [4.69, 9.17) is 19.0 Å². The van der Waals surface area contributed by atoms with Gasteiger partial charge in [-0.1, -0.05) is 45.1 Å². The van der Waals surface area contributed by atoms with Gasteiger partial charge in [0.25, 0.3) is 0 Å². The number of rotatable bonds is 14. The van der Waals surface area contributed by atoms with Crippen LogP contribution in [0.25, 0.3) is 11.0 Å². The van der Waals surface area contributed by atoms with Crippen molar-refractivity contribution in [1.29, 1.82) is 0 Å². The van der Waals surface area contributed by atoms with Gasteiger partial charge in [0, 0.05) is 6.42 Å². The number of aliphatic carboxylic acids is 1. The van der Waals surface area contributed by atoms with Crippen LogP contribution >= 0.6 is 0 Å². The molecule has 0 atom stereocenters. The van der Waals surface area contributed by atoms with Gasteiger partial charge in [0.05, 0.1) is 13.2 Å². The Bertz CT molecular complexity index is 841. The number of carboxylic acids is 1. The summed E-state index contributed by atoms with van der Waals surface area (Å²) < 4.78 is 16.5. The highest BCUT2D eigenvalue weighted by molar-refractivity contribution is 5.91. The third-order valence-corrected chi connectivity index (χ3v) is 4.61. The Kier molecular flexibility index (Phi) is 9.34. The fourth-order valence-corrected chi connectivity index (χ4v) is 3.05. The van der Waals surface area contributed by atoms with E-state index in [1.54, 1.807) is 18.2 Å². The molecule has 7 heteroatoms. The molecule has 1 aromatic carbocycles. The Morgan fingerprint density at radius 3 is 2.45 bits per heavy atom. The summed E-state index contributed by atoms with van der Waals surface area (Å²) >= 11 is 0. The van der Waals surface area contributed by atoms with Crippen molar-refractivity contribution in [3.05, 3.63) is 28.6 Å². The maximum Gasteiger partial charge on any atom is 0.383 e. The molecule has 0 aliphatic carbocycles. The molecule has 1 heterocycles. The van der Waals surface area contributed by atoms with Crippen molar-refractivity contribution in [2.24, 2.45) is 0 Å². The summed E-state index contributed by atoms with van der Waals surface area (Å²) in [6, 6.07) is 4.90. The maximum atomic E-state index is 12.2. The molecule has 0 radical (unpaired) electrons. The molecule has 2 aromatic rings. The second-order valence-electron chi connectivity index (χ2n) is 7.01. The predicted octanol–water partition coefficient (Wildman–Crippen LogP) is 4.87. The first kappa shape index (κ1) is 22.6. The number of carboxylic acid groups (broad SMARTS) is 1. The summed E-state index contributed by atoms with van der Waals surface area (Å²) in [6.45, 7) is 2.78. The van der Waals surface area contributed by atoms with Crippen molar-refractivity contribution in [2.45, 2.75) is 64.7 Å². The van der Waals surface area contributed by atoms with E-state index >= 15 is 0 Å². The molecule has 0 bridgehead atoms. The highest BCUT2D eigenvalue weighted by Crippen LogP contribution is 2.37. The van der Waals surface area contributed by atoms with Crippen molar-refractivity contribution >= 4 is 16.9 Å². The minimum atomic E-state index is -0.846. The number of hydrogen-bond donors (Lipinski definition) is 2. The van der Waals surface area contributed by atoms with Gasteiger partial charge in [0.2, 0.25) is 5.75 Å². The zero-order valence-electron chi connectivity index (χ0n) is 16.9.